The molecule has 1 saturated heterocycles. The van der Waals surface area contributed by atoms with Crippen molar-refractivity contribution in [1.82, 2.24) is 10.2 Å². The number of aliphatic imine (C=N–C) groups is 1. The third kappa shape index (κ3) is 6.72. The van der Waals surface area contributed by atoms with Gasteiger partial charge in [0.2, 0.25) is 0 Å². The molecule has 0 amide bonds. The predicted octanol–water partition coefficient (Wildman–Crippen LogP) is 3.06. The smallest absolute Gasteiger partial charge is 0.309 e. The average molecular weight is 505 g/mol. The van der Waals surface area contributed by atoms with E-state index in [1.807, 2.05) is 25.1 Å². The summed E-state index contributed by atoms with van der Waals surface area (Å²) in [5, 5.41) is 3.35. The zero-order valence-electron chi connectivity index (χ0n) is 17.2. The van der Waals surface area contributed by atoms with Crippen LogP contribution >= 0.6 is 24.0 Å². The molecule has 7 nitrogen and oxygen atoms in total. The van der Waals surface area contributed by atoms with Gasteiger partial charge >= 0.3 is 5.97 Å². The number of piperidine rings is 1. The van der Waals surface area contributed by atoms with E-state index in [0.717, 1.165) is 55.5 Å². The number of rotatable bonds is 7. The molecule has 1 aromatic carbocycles. The molecule has 0 spiro atoms. The molecule has 0 unspecified atom stereocenters. The number of likely N-dealkylation sites (tertiary alicyclic amines) is 1. The van der Waals surface area contributed by atoms with E-state index in [-0.39, 0.29) is 35.9 Å². The molecule has 8 heteroatoms. The highest BCUT2D eigenvalue weighted by Gasteiger charge is 2.27. The second kappa shape index (κ2) is 12.7. The second-order valence-electron chi connectivity index (χ2n) is 6.36. The molecule has 1 heterocycles. The van der Waals surface area contributed by atoms with Gasteiger partial charge < -0.3 is 24.4 Å². The summed E-state index contributed by atoms with van der Waals surface area (Å²) in [5.41, 5.74) is 0.995. The normalized spacial score (nSPS) is 14.9. The molecule has 0 aliphatic carbocycles. The van der Waals surface area contributed by atoms with Crippen molar-refractivity contribution in [3.8, 4) is 11.5 Å². The Morgan fingerprint density at radius 1 is 1.21 bits per heavy atom. The lowest BCUT2D eigenvalue weighted by Gasteiger charge is -2.33. The lowest BCUT2D eigenvalue weighted by Crippen LogP contribution is -2.46. The van der Waals surface area contributed by atoms with Gasteiger partial charge in [-0.15, -0.1) is 24.0 Å². The first kappa shape index (κ1) is 24.3. The average Bonchev–Trinajstić information content (AvgIpc) is 2.71. The van der Waals surface area contributed by atoms with Crippen molar-refractivity contribution in [3.63, 3.8) is 0 Å². The highest BCUT2D eigenvalue weighted by molar-refractivity contribution is 14.0. The molecule has 1 N–H and O–H groups in total. The van der Waals surface area contributed by atoms with E-state index in [0.29, 0.717) is 13.2 Å². The van der Waals surface area contributed by atoms with Crippen molar-refractivity contribution in [1.29, 1.82) is 0 Å². The maximum atomic E-state index is 11.9. The third-order valence-corrected chi connectivity index (χ3v) is 4.64. The van der Waals surface area contributed by atoms with Crippen LogP contribution in [0.1, 0.15) is 32.3 Å². The van der Waals surface area contributed by atoms with E-state index < -0.39 is 0 Å². The van der Waals surface area contributed by atoms with E-state index in [2.05, 4.69) is 17.1 Å². The standard InChI is InChI=1S/C20H31N3O4.HI/c1-5-21-20(23-11-9-15(10-12-23)19(24)27-6-2)22-14-16-7-8-17(25-3)13-18(16)26-4;/h7-8,13,15H,5-6,9-12,14H2,1-4H3,(H,21,22);1H. The number of ether oxygens (including phenoxy) is 3. The summed E-state index contributed by atoms with van der Waals surface area (Å²) in [5.74, 6) is 2.29. The molecule has 1 aliphatic rings. The number of esters is 1. The minimum atomic E-state index is -0.0814. The zero-order chi connectivity index (χ0) is 19.6. The topological polar surface area (TPSA) is 72.4 Å². The SMILES string of the molecule is CCNC(=NCc1ccc(OC)cc1OC)N1CCC(C(=O)OCC)CC1.I. The summed E-state index contributed by atoms with van der Waals surface area (Å²) in [4.78, 5) is 18.9. The number of methoxy groups -OCH3 is 2. The Balaban J connectivity index is 0.00000392. The van der Waals surface area contributed by atoms with Crippen LogP contribution in [-0.2, 0) is 16.1 Å². The van der Waals surface area contributed by atoms with Gasteiger partial charge in [0, 0.05) is 31.3 Å². The van der Waals surface area contributed by atoms with Gasteiger partial charge in [-0.3, -0.25) is 4.79 Å². The number of hydrogen-bond acceptors (Lipinski definition) is 5. The Hall–Kier alpha value is -1.71. The van der Waals surface area contributed by atoms with Gasteiger partial charge in [0.25, 0.3) is 0 Å². The second-order valence-corrected chi connectivity index (χ2v) is 6.36. The van der Waals surface area contributed by atoms with Gasteiger partial charge in [-0.05, 0) is 38.8 Å². The van der Waals surface area contributed by atoms with Gasteiger partial charge in [-0.25, -0.2) is 4.99 Å². The summed E-state index contributed by atoms with van der Waals surface area (Å²) in [7, 11) is 3.28. The van der Waals surface area contributed by atoms with Gasteiger partial charge in [0.1, 0.15) is 11.5 Å². The van der Waals surface area contributed by atoms with Crippen molar-refractivity contribution in [2.24, 2.45) is 10.9 Å². The fourth-order valence-electron chi connectivity index (χ4n) is 3.16. The fraction of sp³-hybridized carbons (Fsp3) is 0.600. The number of halogens is 1. The number of benzene rings is 1. The Kier molecular flexibility index (Phi) is 11.0. The molecule has 28 heavy (non-hydrogen) atoms. The number of carbonyl (C=O) groups is 1. The van der Waals surface area contributed by atoms with Gasteiger partial charge in [-0.2, -0.15) is 0 Å². The number of guanidine groups is 1. The highest BCUT2D eigenvalue weighted by Crippen LogP contribution is 2.25. The summed E-state index contributed by atoms with van der Waals surface area (Å²) in [6.07, 6.45) is 1.57. The van der Waals surface area contributed by atoms with Crippen LogP contribution in [-0.4, -0.2) is 57.3 Å². The first-order chi connectivity index (χ1) is 13.1. The quantitative estimate of drug-likeness (QED) is 0.266. The third-order valence-electron chi connectivity index (χ3n) is 4.64. The number of carbonyl (C=O) groups excluding carboxylic acids is 1. The molecule has 2 rings (SSSR count). The lowest BCUT2D eigenvalue weighted by atomic mass is 9.97. The van der Waals surface area contributed by atoms with Crippen LogP contribution in [0.4, 0.5) is 0 Å². The summed E-state index contributed by atoms with van der Waals surface area (Å²) < 4.78 is 15.8. The van der Waals surface area contributed by atoms with Gasteiger partial charge in [0.15, 0.2) is 5.96 Å². The van der Waals surface area contributed by atoms with E-state index in [9.17, 15) is 4.79 Å². The molecular formula is C20H32IN3O4. The largest absolute Gasteiger partial charge is 0.497 e. The number of nitrogens with one attached hydrogen (secondary N) is 1. The molecule has 1 fully saturated rings. The minimum absolute atomic E-state index is 0. The summed E-state index contributed by atoms with van der Waals surface area (Å²) >= 11 is 0. The van der Waals surface area contributed by atoms with Crippen LogP contribution in [0.5, 0.6) is 11.5 Å². The van der Waals surface area contributed by atoms with Crippen molar-refractivity contribution < 1.29 is 19.0 Å². The predicted molar refractivity (Wildman–Crippen MR) is 121 cm³/mol. The Morgan fingerprint density at radius 2 is 1.93 bits per heavy atom. The van der Waals surface area contributed by atoms with E-state index in [1.165, 1.54) is 0 Å². The highest BCUT2D eigenvalue weighted by atomic mass is 127. The van der Waals surface area contributed by atoms with Gasteiger partial charge in [-0.1, -0.05) is 0 Å². The molecule has 1 aromatic rings. The molecule has 158 valence electrons. The molecule has 0 saturated carbocycles. The Bertz CT molecular complexity index is 646. The Morgan fingerprint density at radius 3 is 2.50 bits per heavy atom. The van der Waals surface area contributed by atoms with Crippen LogP contribution < -0.4 is 14.8 Å². The monoisotopic (exact) mass is 505 g/mol. The van der Waals surface area contributed by atoms with Gasteiger partial charge in [0.05, 0.1) is 33.3 Å². The molecule has 0 radical (unpaired) electrons. The maximum Gasteiger partial charge on any atom is 0.309 e. The molecular weight excluding hydrogens is 473 g/mol. The first-order valence-corrected chi connectivity index (χ1v) is 9.53. The zero-order valence-corrected chi connectivity index (χ0v) is 19.5. The van der Waals surface area contributed by atoms with Crippen molar-refractivity contribution in [3.05, 3.63) is 23.8 Å². The van der Waals surface area contributed by atoms with E-state index in [1.54, 1.807) is 14.2 Å². The van der Waals surface area contributed by atoms with Crippen molar-refractivity contribution >= 4 is 35.9 Å². The molecule has 0 aromatic heterocycles. The van der Waals surface area contributed by atoms with Crippen LogP contribution in [0.15, 0.2) is 23.2 Å². The van der Waals surface area contributed by atoms with Crippen LogP contribution in [0.2, 0.25) is 0 Å². The lowest BCUT2D eigenvalue weighted by molar-refractivity contribution is -0.149. The molecule has 0 atom stereocenters. The minimum Gasteiger partial charge on any atom is -0.497 e. The van der Waals surface area contributed by atoms with Crippen LogP contribution in [0.3, 0.4) is 0 Å². The van der Waals surface area contributed by atoms with Crippen LogP contribution in [0, 0.1) is 5.92 Å². The fourth-order valence-corrected chi connectivity index (χ4v) is 3.16. The van der Waals surface area contributed by atoms with Crippen molar-refractivity contribution in [2.45, 2.75) is 33.2 Å². The summed E-state index contributed by atoms with van der Waals surface area (Å²) in [6, 6.07) is 5.74. The number of nitrogens with zero attached hydrogens (tertiary/aromatic N) is 2. The first-order valence-electron chi connectivity index (χ1n) is 9.53. The van der Waals surface area contributed by atoms with Crippen molar-refractivity contribution in [2.75, 3.05) is 40.5 Å². The molecule has 0 bridgehead atoms. The molecule has 1 aliphatic heterocycles. The van der Waals surface area contributed by atoms with E-state index in [4.69, 9.17) is 19.2 Å². The van der Waals surface area contributed by atoms with E-state index >= 15 is 0 Å². The maximum absolute atomic E-state index is 11.9. The summed E-state index contributed by atoms with van der Waals surface area (Å²) in [6.45, 7) is 7.20. The number of hydrogen-bond donors (Lipinski definition) is 1. The Labute approximate surface area is 184 Å². The van der Waals surface area contributed by atoms with Crippen LogP contribution in [0.25, 0.3) is 0 Å².